The van der Waals surface area contributed by atoms with Gasteiger partial charge in [0.1, 0.15) is 5.01 Å². The van der Waals surface area contributed by atoms with Crippen LogP contribution in [-0.2, 0) is 6.54 Å². The third kappa shape index (κ3) is 2.57. The minimum Gasteiger partial charge on any atom is -0.346 e. The van der Waals surface area contributed by atoms with Crippen molar-refractivity contribution >= 4 is 22.2 Å². The van der Waals surface area contributed by atoms with E-state index in [4.69, 9.17) is 0 Å². The summed E-state index contributed by atoms with van der Waals surface area (Å²) in [5, 5.41) is 7.86. The van der Waals surface area contributed by atoms with E-state index in [0.29, 0.717) is 0 Å². The molecule has 0 saturated heterocycles. The maximum Gasteiger partial charge on any atom is 0.251 e. The van der Waals surface area contributed by atoms with Crippen molar-refractivity contribution in [3.63, 3.8) is 0 Å². The molecule has 1 N–H and O–H groups in total. The molecule has 1 aromatic carbocycles. The number of carbonyl (C=O) groups is 1. The van der Waals surface area contributed by atoms with E-state index in [9.17, 15) is 13.6 Å². The van der Waals surface area contributed by atoms with E-state index < -0.39 is 17.5 Å². The number of hydrogen-bond acceptors (Lipinski definition) is 4. The van der Waals surface area contributed by atoms with Crippen LogP contribution in [0.25, 0.3) is 4.96 Å². The molecule has 0 aliphatic rings. The first-order valence-electron chi connectivity index (χ1n) is 6.50. The van der Waals surface area contributed by atoms with Crippen LogP contribution in [0.4, 0.5) is 8.78 Å². The van der Waals surface area contributed by atoms with Crippen LogP contribution >= 0.6 is 11.3 Å². The highest BCUT2D eigenvalue weighted by molar-refractivity contribution is 7.16. The van der Waals surface area contributed by atoms with Crippen molar-refractivity contribution in [1.82, 2.24) is 19.9 Å². The van der Waals surface area contributed by atoms with Gasteiger partial charge in [0, 0.05) is 5.56 Å². The molecule has 2 aromatic heterocycles. The molecule has 114 valence electrons. The zero-order valence-corrected chi connectivity index (χ0v) is 12.7. The highest BCUT2D eigenvalue weighted by Crippen LogP contribution is 2.18. The Hall–Kier alpha value is -2.35. The molecule has 0 radical (unpaired) electrons. The molecule has 0 spiro atoms. The first-order chi connectivity index (χ1) is 10.5. The summed E-state index contributed by atoms with van der Waals surface area (Å²) < 4.78 is 27.7. The Morgan fingerprint density at radius 2 is 2.09 bits per heavy atom. The van der Waals surface area contributed by atoms with Crippen LogP contribution in [0, 0.1) is 25.5 Å². The third-order valence-electron chi connectivity index (χ3n) is 3.20. The number of benzene rings is 1. The maximum absolute atomic E-state index is 13.2. The average molecular weight is 322 g/mol. The van der Waals surface area contributed by atoms with E-state index in [1.165, 1.54) is 17.4 Å². The maximum atomic E-state index is 13.2. The Morgan fingerprint density at radius 1 is 1.32 bits per heavy atom. The van der Waals surface area contributed by atoms with Gasteiger partial charge in [0.15, 0.2) is 11.6 Å². The van der Waals surface area contributed by atoms with E-state index >= 15 is 0 Å². The summed E-state index contributed by atoms with van der Waals surface area (Å²) in [7, 11) is 0. The molecule has 0 unspecified atom stereocenters. The van der Waals surface area contributed by atoms with Gasteiger partial charge in [-0.15, -0.1) is 0 Å². The van der Waals surface area contributed by atoms with Gasteiger partial charge in [0.2, 0.25) is 4.96 Å². The lowest BCUT2D eigenvalue weighted by molar-refractivity contribution is 0.0949. The van der Waals surface area contributed by atoms with Gasteiger partial charge >= 0.3 is 0 Å². The second kappa shape index (κ2) is 5.45. The van der Waals surface area contributed by atoms with Crippen LogP contribution < -0.4 is 5.32 Å². The Balaban J connectivity index is 1.79. The minimum absolute atomic E-state index is 0.0618. The topological polar surface area (TPSA) is 59.3 Å². The van der Waals surface area contributed by atoms with Crippen molar-refractivity contribution in [1.29, 1.82) is 0 Å². The summed E-state index contributed by atoms with van der Waals surface area (Å²) >= 11 is 1.46. The van der Waals surface area contributed by atoms with Gasteiger partial charge in [-0.25, -0.2) is 18.3 Å². The minimum atomic E-state index is -1.05. The zero-order chi connectivity index (χ0) is 15.9. The van der Waals surface area contributed by atoms with Crippen LogP contribution in [-0.4, -0.2) is 20.5 Å². The number of hydrogen-bond donors (Lipinski definition) is 1. The summed E-state index contributed by atoms with van der Waals surface area (Å²) in [4.78, 5) is 17.1. The van der Waals surface area contributed by atoms with Crippen LogP contribution in [0.1, 0.15) is 26.8 Å². The van der Waals surface area contributed by atoms with E-state index in [0.717, 1.165) is 33.5 Å². The molecule has 0 aliphatic heterocycles. The standard InChI is InChI=1S/C14H12F2N4OS/c1-7-12(20-14(18-7)22-8(2)19-20)6-17-13(21)9-3-4-10(15)11(16)5-9/h3-5H,6H2,1-2H3,(H,17,21). The molecule has 1 amide bonds. The Bertz CT molecular complexity index is 871. The molecule has 0 fully saturated rings. The molecular weight excluding hydrogens is 310 g/mol. The van der Waals surface area contributed by atoms with Gasteiger partial charge in [-0.2, -0.15) is 5.10 Å². The summed E-state index contributed by atoms with van der Waals surface area (Å²) in [5.74, 6) is -2.52. The zero-order valence-electron chi connectivity index (χ0n) is 11.9. The third-order valence-corrected chi connectivity index (χ3v) is 4.02. The van der Waals surface area contributed by atoms with Crippen molar-refractivity contribution in [2.75, 3.05) is 0 Å². The van der Waals surface area contributed by atoms with Crippen LogP contribution in [0.2, 0.25) is 0 Å². The first kappa shape index (κ1) is 14.6. The lowest BCUT2D eigenvalue weighted by atomic mass is 10.2. The Morgan fingerprint density at radius 3 is 2.82 bits per heavy atom. The number of fused-ring (bicyclic) bond motifs is 1. The summed E-state index contributed by atoms with van der Waals surface area (Å²) in [6.07, 6.45) is 0. The highest BCUT2D eigenvalue weighted by Gasteiger charge is 2.15. The lowest BCUT2D eigenvalue weighted by Crippen LogP contribution is -2.24. The van der Waals surface area contributed by atoms with Crippen LogP contribution in [0.5, 0.6) is 0 Å². The van der Waals surface area contributed by atoms with Crippen molar-refractivity contribution in [3.8, 4) is 0 Å². The van der Waals surface area contributed by atoms with E-state index in [1.807, 2.05) is 13.8 Å². The normalized spacial score (nSPS) is 11.1. The van der Waals surface area contributed by atoms with Crippen molar-refractivity contribution < 1.29 is 13.6 Å². The molecule has 0 atom stereocenters. The van der Waals surface area contributed by atoms with Gasteiger partial charge in [-0.3, -0.25) is 4.79 Å². The number of amides is 1. The number of nitrogens with zero attached hydrogens (tertiary/aromatic N) is 3. The molecule has 0 aliphatic carbocycles. The average Bonchev–Trinajstić information content (AvgIpc) is 2.94. The van der Waals surface area contributed by atoms with E-state index in [1.54, 1.807) is 4.52 Å². The molecule has 5 nitrogen and oxygen atoms in total. The molecule has 3 rings (SSSR count). The van der Waals surface area contributed by atoms with Crippen LogP contribution in [0.3, 0.4) is 0 Å². The predicted octanol–water partition coefficient (Wildman–Crippen LogP) is 2.62. The molecule has 0 bridgehead atoms. The highest BCUT2D eigenvalue weighted by atomic mass is 32.1. The Kier molecular flexibility index (Phi) is 3.61. The van der Waals surface area contributed by atoms with Crippen molar-refractivity contribution in [2.24, 2.45) is 0 Å². The lowest BCUT2D eigenvalue weighted by Gasteiger charge is -2.05. The Labute approximate surface area is 128 Å². The summed E-state index contributed by atoms with van der Waals surface area (Å²) in [5.41, 5.74) is 1.59. The smallest absolute Gasteiger partial charge is 0.251 e. The SMILES string of the molecule is Cc1nn2c(CNC(=O)c3ccc(F)c(F)c3)c(C)nc2s1. The first-order valence-corrected chi connectivity index (χ1v) is 7.32. The van der Waals surface area contributed by atoms with Gasteiger partial charge in [0.05, 0.1) is 17.9 Å². The molecule has 2 heterocycles. The fourth-order valence-electron chi connectivity index (χ4n) is 2.09. The molecule has 8 heteroatoms. The fraction of sp³-hybridized carbons (Fsp3) is 0.214. The number of carbonyl (C=O) groups excluding carboxylic acids is 1. The van der Waals surface area contributed by atoms with Crippen molar-refractivity contribution in [3.05, 3.63) is 51.8 Å². The summed E-state index contributed by atoms with van der Waals surface area (Å²) in [6.45, 7) is 3.90. The number of rotatable bonds is 3. The predicted molar refractivity (Wildman–Crippen MR) is 77.9 cm³/mol. The number of aromatic nitrogens is 3. The van der Waals surface area contributed by atoms with Crippen molar-refractivity contribution in [2.45, 2.75) is 20.4 Å². The molecule has 22 heavy (non-hydrogen) atoms. The van der Waals surface area contributed by atoms with Gasteiger partial charge in [0.25, 0.3) is 5.91 Å². The summed E-state index contributed by atoms with van der Waals surface area (Å²) in [6, 6.07) is 3.03. The number of halogens is 2. The van der Waals surface area contributed by atoms with Gasteiger partial charge in [-0.05, 0) is 32.0 Å². The molecule has 3 aromatic rings. The molecular formula is C14H12F2N4OS. The fourth-order valence-corrected chi connectivity index (χ4v) is 2.90. The largest absolute Gasteiger partial charge is 0.346 e. The van der Waals surface area contributed by atoms with Gasteiger partial charge < -0.3 is 5.32 Å². The van der Waals surface area contributed by atoms with E-state index in [-0.39, 0.29) is 12.1 Å². The molecule has 0 saturated carbocycles. The second-order valence-corrected chi connectivity index (χ2v) is 5.93. The number of aryl methyl sites for hydroxylation is 2. The number of nitrogens with one attached hydrogen (secondary N) is 1. The quantitative estimate of drug-likeness (QED) is 0.806. The second-order valence-electron chi connectivity index (χ2n) is 4.77. The monoisotopic (exact) mass is 322 g/mol. The van der Waals surface area contributed by atoms with Gasteiger partial charge in [-0.1, -0.05) is 11.3 Å². The number of imidazole rings is 1. The van der Waals surface area contributed by atoms with E-state index in [2.05, 4.69) is 15.4 Å². The van der Waals surface area contributed by atoms with Crippen LogP contribution in [0.15, 0.2) is 18.2 Å².